The Kier molecular flexibility index (Phi) is 18.3. The van der Waals surface area contributed by atoms with Crippen LogP contribution in [-0.4, -0.2) is 74.0 Å². The summed E-state index contributed by atoms with van der Waals surface area (Å²) in [5.74, 6) is -1.19. The Morgan fingerprint density at radius 2 is 1.07 bits per heavy atom. The fourth-order valence-electron chi connectivity index (χ4n) is 2.17. The Morgan fingerprint density at radius 3 is 1.43 bits per heavy atom. The van der Waals surface area contributed by atoms with Crippen molar-refractivity contribution < 1.29 is 38.7 Å². The molecule has 2 atom stereocenters. The molecule has 0 bridgehead atoms. The second-order valence-electron chi connectivity index (χ2n) is 6.74. The predicted octanol–water partition coefficient (Wildman–Crippen LogP) is 1.99. The van der Waals surface area contributed by atoms with Crippen molar-refractivity contribution >= 4 is 11.9 Å². The zero-order valence-corrected chi connectivity index (χ0v) is 17.4. The SMILES string of the molecule is CCCCCOCC(O)COC(=O)CCC(=O)OCC(O)COCCCCC. The molecule has 0 aromatic carbocycles. The fourth-order valence-corrected chi connectivity index (χ4v) is 2.17. The number of aliphatic hydroxyl groups is 2. The maximum absolute atomic E-state index is 11.6. The van der Waals surface area contributed by atoms with Crippen molar-refractivity contribution in [3.63, 3.8) is 0 Å². The van der Waals surface area contributed by atoms with Gasteiger partial charge in [-0.2, -0.15) is 0 Å². The van der Waals surface area contributed by atoms with Gasteiger partial charge in [-0.15, -0.1) is 0 Å². The summed E-state index contributed by atoms with van der Waals surface area (Å²) in [7, 11) is 0. The van der Waals surface area contributed by atoms with Gasteiger partial charge in [0.05, 0.1) is 26.1 Å². The Morgan fingerprint density at radius 1 is 0.679 bits per heavy atom. The quantitative estimate of drug-likeness (QED) is 0.247. The second-order valence-corrected chi connectivity index (χ2v) is 6.74. The van der Waals surface area contributed by atoms with Gasteiger partial charge in [-0.1, -0.05) is 39.5 Å². The van der Waals surface area contributed by atoms with Crippen LogP contribution in [0.4, 0.5) is 0 Å². The third kappa shape index (κ3) is 18.2. The lowest BCUT2D eigenvalue weighted by atomic mass is 10.3. The Bertz CT molecular complexity index is 352. The van der Waals surface area contributed by atoms with Gasteiger partial charge in [-0.05, 0) is 12.8 Å². The fraction of sp³-hybridized carbons (Fsp3) is 0.900. The number of esters is 2. The van der Waals surface area contributed by atoms with Crippen LogP contribution < -0.4 is 0 Å². The lowest BCUT2D eigenvalue weighted by Gasteiger charge is -2.13. The van der Waals surface area contributed by atoms with E-state index in [1.165, 1.54) is 0 Å². The van der Waals surface area contributed by atoms with E-state index in [9.17, 15) is 19.8 Å². The maximum Gasteiger partial charge on any atom is 0.306 e. The van der Waals surface area contributed by atoms with Crippen molar-refractivity contribution in [1.82, 2.24) is 0 Å². The molecular weight excluding hydrogens is 368 g/mol. The lowest BCUT2D eigenvalue weighted by molar-refractivity contribution is -0.154. The highest BCUT2D eigenvalue weighted by Gasteiger charge is 2.13. The van der Waals surface area contributed by atoms with Gasteiger partial charge < -0.3 is 29.2 Å². The van der Waals surface area contributed by atoms with Crippen LogP contribution in [0.1, 0.15) is 65.2 Å². The topological polar surface area (TPSA) is 112 Å². The minimum Gasteiger partial charge on any atom is -0.463 e. The molecule has 0 rings (SSSR count). The zero-order chi connectivity index (χ0) is 21.0. The number of rotatable bonds is 19. The Labute approximate surface area is 168 Å². The molecule has 166 valence electrons. The normalized spacial score (nSPS) is 13.1. The van der Waals surface area contributed by atoms with Crippen LogP contribution in [0, 0.1) is 0 Å². The maximum atomic E-state index is 11.6. The van der Waals surface area contributed by atoms with Crippen molar-refractivity contribution in [2.24, 2.45) is 0 Å². The minimum absolute atomic E-state index is 0.109. The van der Waals surface area contributed by atoms with Crippen LogP contribution in [0.25, 0.3) is 0 Å². The average molecular weight is 407 g/mol. The van der Waals surface area contributed by atoms with E-state index in [4.69, 9.17) is 18.9 Å². The van der Waals surface area contributed by atoms with E-state index in [-0.39, 0.29) is 39.3 Å². The Balaban J connectivity index is 3.62. The van der Waals surface area contributed by atoms with E-state index in [1.54, 1.807) is 0 Å². The third-order valence-electron chi connectivity index (χ3n) is 3.81. The molecule has 2 unspecified atom stereocenters. The number of carbonyl (C=O) groups excluding carboxylic acids is 2. The molecule has 2 N–H and O–H groups in total. The summed E-state index contributed by atoms with van der Waals surface area (Å²) in [6, 6.07) is 0. The molecule has 8 nitrogen and oxygen atoms in total. The van der Waals surface area contributed by atoms with Crippen LogP contribution in [0.3, 0.4) is 0 Å². The Hall–Kier alpha value is -1.22. The molecule has 0 fully saturated rings. The van der Waals surface area contributed by atoms with Crippen LogP contribution in [0.5, 0.6) is 0 Å². The highest BCUT2D eigenvalue weighted by molar-refractivity contribution is 5.77. The van der Waals surface area contributed by atoms with E-state index in [0.29, 0.717) is 13.2 Å². The third-order valence-corrected chi connectivity index (χ3v) is 3.81. The number of ether oxygens (including phenoxy) is 4. The zero-order valence-electron chi connectivity index (χ0n) is 17.4. The van der Waals surface area contributed by atoms with Gasteiger partial charge >= 0.3 is 11.9 Å². The first-order valence-corrected chi connectivity index (χ1v) is 10.3. The predicted molar refractivity (Wildman–Crippen MR) is 104 cm³/mol. The molecule has 0 aliphatic carbocycles. The molecule has 8 heteroatoms. The molecule has 0 aromatic rings. The van der Waals surface area contributed by atoms with E-state index in [1.807, 2.05) is 0 Å². The van der Waals surface area contributed by atoms with Crippen molar-refractivity contribution in [3.05, 3.63) is 0 Å². The molecule has 0 radical (unpaired) electrons. The molecule has 0 aliphatic rings. The van der Waals surface area contributed by atoms with Gasteiger partial charge in [-0.25, -0.2) is 0 Å². The second kappa shape index (κ2) is 19.1. The minimum atomic E-state index is -0.884. The van der Waals surface area contributed by atoms with Gasteiger partial charge in [0.1, 0.15) is 25.4 Å². The molecular formula is C20H38O8. The first-order chi connectivity index (χ1) is 13.5. The molecule has 0 aromatic heterocycles. The summed E-state index contributed by atoms with van der Waals surface area (Å²) in [5.41, 5.74) is 0. The average Bonchev–Trinajstić information content (AvgIpc) is 2.68. The number of hydrogen-bond donors (Lipinski definition) is 2. The van der Waals surface area contributed by atoms with Gasteiger partial charge in [-0.3, -0.25) is 9.59 Å². The largest absolute Gasteiger partial charge is 0.463 e. The van der Waals surface area contributed by atoms with Crippen LogP contribution in [0.15, 0.2) is 0 Å². The van der Waals surface area contributed by atoms with Crippen molar-refractivity contribution in [3.8, 4) is 0 Å². The summed E-state index contributed by atoms with van der Waals surface area (Å²) >= 11 is 0. The van der Waals surface area contributed by atoms with E-state index in [0.717, 1.165) is 38.5 Å². The molecule has 0 saturated carbocycles. The number of carbonyl (C=O) groups is 2. The summed E-state index contributed by atoms with van der Waals surface area (Å²) in [4.78, 5) is 23.2. The van der Waals surface area contributed by atoms with Gasteiger partial charge in [0.2, 0.25) is 0 Å². The standard InChI is InChI=1S/C20H38O8/c1-3-5-7-11-25-13-17(21)15-27-19(23)9-10-20(24)28-16-18(22)14-26-12-8-6-4-2/h17-18,21-22H,3-16H2,1-2H3. The highest BCUT2D eigenvalue weighted by atomic mass is 16.6. The molecule has 28 heavy (non-hydrogen) atoms. The van der Waals surface area contributed by atoms with Crippen LogP contribution in [-0.2, 0) is 28.5 Å². The molecule has 0 heterocycles. The summed E-state index contributed by atoms with van der Waals surface area (Å²) in [5, 5.41) is 19.3. The molecule has 0 spiro atoms. The molecule has 0 aliphatic heterocycles. The summed E-state index contributed by atoms with van der Waals surface area (Å²) in [6.07, 6.45) is 4.15. The molecule has 0 saturated heterocycles. The number of unbranched alkanes of at least 4 members (excludes halogenated alkanes) is 4. The summed E-state index contributed by atoms with van der Waals surface area (Å²) < 4.78 is 20.4. The van der Waals surface area contributed by atoms with Gasteiger partial charge in [0.25, 0.3) is 0 Å². The van der Waals surface area contributed by atoms with Gasteiger partial charge in [0, 0.05) is 13.2 Å². The van der Waals surface area contributed by atoms with Crippen molar-refractivity contribution in [2.45, 2.75) is 77.4 Å². The lowest BCUT2D eigenvalue weighted by Crippen LogP contribution is -2.25. The first-order valence-electron chi connectivity index (χ1n) is 10.3. The number of aliphatic hydroxyl groups excluding tert-OH is 2. The van der Waals surface area contributed by atoms with E-state index < -0.39 is 24.1 Å². The van der Waals surface area contributed by atoms with Gasteiger partial charge in [0.15, 0.2) is 0 Å². The van der Waals surface area contributed by atoms with Crippen molar-refractivity contribution in [2.75, 3.05) is 39.6 Å². The highest BCUT2D eigenvalue weighted by Crippen LogP contribution is 2.00. The number of hydrogen-bond acceptors (Lipinski definition) is 8. The van der Waals surface area contributed by atoms with Crippen LogP contribution in [0.2, 0.25) is 0 Å². The summed E-state index contributed by atoms with van der Waals surface area (Å²) in [6.45, 7) is 5.20. The first kappa shape index (κ1) is 26.8. The van der Waals surface area contributed by atoms with E-state index >= 15 is 0 Å². The monoisotopic (exact) mass is 406 g/mol. The smallest absolute Gasteiger partial charge is 0.306 e. The van der Waals surface area contributed by atoms with Crippen LogP contribution >= 0.6 is 0 Å². The molecule has 0 amide bonds. The van der Waals surface area contributed by atoms with E-state index in [2.05, 4.69) is 13.8 Å². The van der Waals surface area contributed by atoms with Crippen molar-refractivity contribution in [1.29, 1.82) is 0 Å².